The Labute approximate surface area is 83.9 Å². The van der Waals surface area contributed by atoms with Crippen molar-refractivity contribution in [3.05, 3.63) is 0 Å². The molecule has 1 atom stereocenters. The molecule has 2 aliphatic heterocycles. The monoisotopic (exact) mass is 196 g/mol. The Morgan fingerprint density at radius 1 is 1.50 bits per heavy atom. The first kappa shape index (κ1) is 9.65. The number of carbonyl (C=O) groups is 1. The van der Waals surface area contributed by atoms with Gasteiger partial charge in [-0.2, -0.15) is 5.10 Å². The quantitative estimate of drug-likeness (QED) is 0.580. The van der Waals surface area contributed by atoms with Gasteiger partial charge in [-0.25, -0.2) is 5.01 Å². The van der Waals surface area contributed by atoms with Gasteiger partial charge in [0.2, 0.25) is 0 Å². The normalized spacial score (nSPS) is 27.6. The maximum absolute atomic E-state index is 11.9. The Hall–Kier alpha value is -0.900. The number of nitrogens with zero attached hydrogens (tertiary/aromatic N) is 2. The Bertz CT molecular complexity index is 291. The van der Waals surface area contributed by atoms with E-state index >= 15 is 0 Å². The molecular formula is C10H16N2O2. The number of ether oxygens (including phenoxy) is 1. The number of hydrogen-bond donors (Lipinski definition) is 0. The third-order valence-corrected chi connectivity index (χ3v) is 2.56. The van der Waals surface area contributed by atoms with E-state index in [2.05, 4.69) is 5.10 Å². The largest absolute Gasteiger partial charge is 0.380 e. The zero-order valence-corrected chi connectivity index (χ0v) is 8.91. The molecule has 0 aromatic heterocycles. The molecule has 2 rings (SSSR count). The summed E-state index contributed by atoms with van der Waals surface area (Å²) in [5.74, 6) is -0.0184. The van der Waals surface area contributed by atoms with E-state index in [9.17, 15) is 4.79 Å². The Kier molecular flexibility index (Phi) is 2.10. The van der Waals surface area contributed by atoms with Gasteiger partial charge in [0.05, 0.1) is 24.5 Å². The van der Waals surface area contributed by atoms with Crippen LogP contribution in [0.2, 0.25) is 0 Å². The highest BCUT2D eigenvalue weighted by molar-refractivity contribution is 6.08. The summed E-state index contributed by atoms with van der Waals surface area (Å²) < 4.78 is 5.29. The average Bonchev–Trinajstić information content (AvgIpc) is 2.44. The second-order valence-corrected chi connectivity index (χ2v) is 4.79. The van der Waals surface area contributed by atoms with Gasteiger partial charge in [-0.3, -0.25) is 4.79 Å². The molecule has 1 unspecified atom stereocenters. The zero-order chi connectivity index (χ0) is 10.3. The molecule has 2 heterocycles. The minimum Gasteiger partial charge on any atom is -0.380 e. The van der Waals surface area contributed by atoms with E-state index in [-0.39, 0.29) is 17.4 Å². The summed E-state index contributed by atoms with van der Waals surface area (Å²) in [6, 6.07) is 0. The summed E-state index contributed by atoms with van der Waals surface area (Å²) in [5.41, 5.74) is 0.776. The Morgan fingerprint density at radius 3 is 2.79 bits per heavy atom. The van der Waals surface area contributed by atoms with Gasteiger partial charge in [0.15, 0.2) is 0 Å². The molecule has 0 aromatic rings. The number of hydrogen-bond acceptors (Lipinski definition) is 3. The third-order valence-electron chi connectivity index (χ3n) is 2.56. The van der Waals surface area contributed by atoms with E-state index in [1.165, 1.54) is 0 Å². The van der Waals surface area contributed by atoms with Crippen molar-refractivity contribution in [2.45, 2.75) is 32.7 Å². The van der Waals surface area contributed by atoms with E-state index in [1.807, 2.05) is 20.8 Å². The van der Waals surface area contributed by atoms with E-state index in [4.69, 9.17) is 4.74 Å². The zero-order valence-electron chi connectivity index (χ0n) is 8.91. The van der Waals surface area contributed by atoms with Crippen molar-refractivity contribution >= 4 is 11.6 Å². The van der Waals surface area contributed by atoms with Crippen molar-refractivity contribution in [3.63, 3.8) is 0 Å². The first-order valence-electron chi connectivity index (χ1n) is 4.99. The molecule has 0 N–H and O–H groups in total. The molecule has 78 valence electrons. The van der Waals surface area contributed by atoms with Gasteiger partial charge in [-0.05, 0) is 20.8 Å². The summed E-state index contributed by atoms with van der Waals surface area (Å²) in [6.07, 6.45) is 0.795. The molecule has 0 radical (unpaired) electrons. The smallest absolute Gasteiger partial charge is 0.254 e. The molecule has 0 aliphatic carbocycles. The molecule has 0 saturated carbocycles. The summed E-state index contributed by atoms with van der Waals surface area (Å²) >= 11 is 0. The first-order chi connectivity index (χ1) is 6.50. The minimum absolute atomic E-state index is 0.0900. The van der Waals surface area contributed by atoms with Crippen LogP contribution in [0.3, 0.4) is 0 Å². The van der Waals surface area contributed by atoms with Crippen molar-refractivity contribution < 1.29 is 9.53 Å². The molecule has 1 fully saturated rings. The fourth-order valence-electron chi connectivity index (χ4n) is 1.79. The van der Waals surface area contributed by atoms with Crippen molar-refractivity contribution in [2.75, 3.05) is 13.2 Å². The van der Waals surface area contributed by atoms with Gasteiger partial charge in [0, 0.05) is 6.42 Å². The van der Waals surface area contributed by atoms with Gasteiger partial charge in [0.1, 0.15) is 5.92 Å². The minimum atomic E-state index is -0.221. The Morgan fingerprint density at radius 2 is 2.21 bits per heavy atom. The highest BCUT2D eigenvalue weighted by atomic mass is 16.5. The van der Waals surface area contributed by atoms with Crippen LogP contribution >= 0.6 is 0 Å². The van der Waals surface area contributed by atoms with Crippen molar-refractivity contribution in [1.82, 2.24) is 5.01 Å². The van der Waals surface area contributed by atoms with Crippen molar-refractivity contribution in [1.29, 1.82) is 0 Å². The molecular weight excluding hydrogens is 180 g/mol. The van der Waals surface area contributed by atoms with E-state index in [1.54, 1.807) is 5.01 Å². The standard InChI is InChI=1S/C10H16N2O2/c1-10(2,3)12-9(13)7-6-14-5-4-8(7)11-12/h7H,4-6H2,1-3H3. The lowest BCUT2D eigenvalue weighted by molar-refractivity contribution is -0.137. The third kappa shape index (κ3) is 1.43. The number of hydrazone groups is 1. The molecule has 4 heteroatoms. The molecule has 0 aromatic carbocycles. The molecule has 14 heavy (non-hydrogen) atoms. The van der Waals surface area contributed by atoms with E-state index < -0.39 is 0 Å². The SMILES string of the molecule is CC(C)(C)N1N=C2CCOCC2C1=O. The van der Waals surface area contributed by atoms with Crippen LogP contribution in [0.15, 0.2) is 5.10 Å². The maximum Gasteiger partial charge on any atom is 0.254 e. The van der Waals surface area contributed by atoms with E-state index in [0.717, 1.165) is 12.1 Å². The number of carbonyl (C=O) groups excluding carboxylic acids is 1. The van der Waals surface area contributed by atoms with Crippen LogP contribution in [0, 0.1) is 5.92 Å². The molecule has 1 saturated heterocycles. The highest BCUT2D eigenvalue weighted by Gasteiger charge is 2.41. The summed E-state index contributed by atoms with van der Waals surface area (Å²) in [7, 11) is 0. The first-order valence-corrected chi connectivity index (χ1v) is 4.99. The van der Waals surface area contributed by atoms with Crippen LogP contribution in [0.1, 0.15) is 27.2 Å². The Balaban J connectivity index is 2.24. The van der Waals surface area contributed by atoms with Crippen LogP contribution < -0.4 is 0 Å². The summed E-state index contributed by atoms with van der Waals surface area (Å²) in [6.45, 7) is 7.18. The van der Waals surface area contributed by atoms with Crippen LogP contribution in [0.25, 0.3) is 0 Å². The van der Waals surface area contributed by atoms with Gasteiger partial charge >= 0.3 is 0 Å². The van der Waals surface area contributed by atoms with Crippen molar-refractivity contribution in [2.24, 2.45) is 11.0 Å². The van der Waals surface area contributed by atoms with Crippen LogP contribution in [0.4, 0.5) is 0 Å². The van der Waals surface area contributed by atoms with Crippen molar-refractivity contribution in [3.8, 4) is 0 Å². The van der Waals surface area contributed by atoms with Gasteiger partial charge in [-0.1, -0.05) is 0 Å². The van der Waals surface area contributed by atoms with Crippen LogP contribution in [-0.4, -0.2) is 35.4 Å². The molecule has 0 bridgehead atoms. The molecule has 2 aliphatic rings. The lowest BCUT2D eigenvalue weighted by Crippen LogP contribution is -2.42. The highest BCUT2D eigenvalue weighted by Crippen LogP contribution is 2.27. The fourth-order valence-corrected chi connectivity index (χ4v) is 1.79. The predicted octanol–water partition coefficient (Wildman–Crippen LogP) is 1.02. The predicted molar refractivity (Wildman–Crippen MR) is 53.0 cm³/mol. The number of rotatable bonds is 0. The number of fused-ring (bicyclic) bond motifs is 1. The van der Waals surface area contributed by atoms with Gasteiger partial charge < -0.3 is 4.74 Å². The van der Waals surface area contributed by atoms with Crippen LogP contribution in [0.5, 0.6) is 0 Å². The second kappa shape index (κ2) is 3.05. The van der Waals surface area contributed by atoms with E-state index in [0.29, 0.717) is 13.2 Å². The van der Waals surface area contributed by atoms with Gasteiger partial charge in [0.25, 0.3) is 5.91 Å². The van der Waals surface area contributed by atoms with Gasteiger partial charge in [-0.15, -0.1) is 0 Å². The second-order valence-electron chi connectivity index (χ2n) is 4.79. The average molecular weight is 196 g/mol. The molecule has 1 amide bonds. The lowest BCUT2D eigenvalue weighted by atomic mass is 9.99. The van der Waals surface area contributed by atoms with Crippen LogP contribution in [-0.2, 0) is 9.53 Å². The molecule has 4 nitrogen and oxygen atoms in total. The molecule has 0 spiro atoms. The summed E-state index contributed by atoms with van der Waals surface area (Å²) in [4.78, 5) is 11.9. The lowest BCUT2D eigenvalue weighted by Gasteiger charge is -2.28. The fraction of sp³-hybridized carbons (Fsp3) is 0.800. The topological polar surface area (TPSA) is 41.9 Å². The maximum atomic E-state index is 11.9. The summed E-state index contributed by atoms with van der Waals surface area (Å²) in [5, 5.41) is 5.98. The number of amides is 1.